The van der Waals surface area contributed by atoms with Crippen LogP contribution in [0.4, 0.5) is 0 Å². The predicted octanol–water partition coefficient (Wildman–Crippen LogP) is 2.07. The molecule has 1 saturated carbocycles. The molecule has 0 bridgehead atoms. The fraction of sp³-hybridized carbons (Fsp3) is 0.500. The fourth-order valence-electron chi connectivity index (χ4n) is 3.23. The van der Waals surface area contributed by atoms with Gasteiger partial charge in [-0.3, -0.25) is 4.79 Å². The monoisotopic (exact) mass is 323 g/mol. The van der Waals surface area contributed by atoms with Crippen LogP contribution in [-0.2, 0) is 19.7 Å². The van der Waals surface area contributed by atoms with Gasteiger partial charge in [0.05, 0.1) is 18.6 Å². The highest BCUT2D eigenvalue weighted by atomic mass is 35.5. The van der Waals surface area contributed by atoms with E-state index in [0.717, 1.165) is 24.8 Å². The van der Waals surface area contributed by atoms with E-state index in [4.69, 9.17) is 21.4 Å². The number of halogens is 1. The normalized spacial score (nSPS) is 23.7. The molecule has 0 radical (unpaired) electrons. The van der Waals surface area contributed by atoms with Crippen molar-refractivity contribution in [2.75, 3.05) is 19.7 Å². The molecular weight excluding hydrogens is 306 g/mol. The first-order chi connectivity index (χ1) is 10.5. The van der Waals surface area contributed by atoms with Crippen molar-refractivity contribution in [2.24, 2.45) is 0 Å². The van der Waals surface area contributed by atoms with E-state index >= 15 is 0 Å². The van der Waals surface area contributed by atoms with Crippen LogP contribution in [-0.4, -0.2) is 47.7 Å². The first-order valence-corrected chi connectivity index (χ1v) is 7.80. The van der Waals surface area contributed by atoms with Gasteiger partial charge >= 0.3 is 5.97 Å². The van der Waals surface area contributed by atoms with Gasteiger partial charge in [-0.15, -0.1) is 0 Å². The summed E-state index contributed by atoms with van der Waals surface area (Å²) < 4.78 is 5.19. The smallest absolute Gasteiger partial charge is 0.334 e. The summed E-state index contributed by atoms with van der Waals surface area (Å²) in [6, 6.07) is 7.41. The first kappa shape index (κ1) is 15.3. The van der Waals surface area contributed by atoms with E-state index in [1.807, 2.05) is 18.2 Å². The minimum atomic E-state index is -1.03. The summed E-state index contributed by atoms with van der Waals surface area (Å²) >= 11 is 6.06. The second-order valence-electron chi connectivity index (χ2n) is 5.89. The van der Waals surface area contributed by atoms with Gasteiger partial charge in [0.1, 0.15) is 0 Å². The van der Waals surface area contributed by atoms with Gasteiger partial charge in [-0.05, 0) is 30.5 Å². The average molecular weight is 324 g/mol. The van der Waals surface area contributed by atoms with Crippen molar-refractivity contribution in [3.8, 4) is 0 Å². The number of rotatable bonds is 3. The summed E-state index contributed by atoms with van der Waals surface area (Å²) in [6.07, 6.45) is 1.61. The molecule has 22 heavy (non-hydrogen) atoms. The maximum absolute atomic E-state index is 13.0. The van der Waals surface area contributed by atoms with Crippen molar-refractivity contribution in [3.63, 3.8) is 0 Å². The lowest BCUT2D eigenvalue weighted by atomic mass is 9.63. The zero-order chi connectivity index (χ0) is 15.7. The number of carbonyl (C=O) groups excluding carboxylic acids is 1. The Morgan fingerprint density at radius 3 is 2.73 bits per heavy atom. The molecule has 1 saturated heterocycles. The lowest BCUT2D eigenvalue weighted by Gasteiger charge is -2.45. The van der Waals surface area contributed by atoms with Gasteiger partial charge in [-0.1, -0.05) is 30.2 Å². The Balaban J connectivity index is 1.84. The maximum atomic E-state index is 13.0. The van der Waals surface area contributed by atoms with Crippen molar-refractivity contribution < 1.29 is 19.4 Å². The summed E-state index contributed by atoms with van der Waals surface area (Å²) in [4.78, 5) is 25.7. The Morgan fingerprint density at radius 1 is 1.36 bits per heavy atom. The van der Waals surface area contributed by atoms with E-state index < -0.39 is 17.5 Å². The summed E-state index contributed by atoms with van der Waals surface area (Å²) in [5.41, 5.74) is 0.375. The number of hydrogen-bond acceptors (Lipinski definition) is 3. The molecule has 3 rings (SSSR count). The quantitative estimate of drug-likeness (QED) is 0.924. The third-order valence-corrected chi connectivity index (χ3v) is 4.86. The minimum Gasteiger partial charge on any atom is -0.479 e. The Hall–Kier alpha value is -1.59. The zero-order valence-corrected chi connectivity index (χ0v) is 12.9. The van der Waals surface area contributed by atoms with E-state index in [1.54, 1.807) is 11.0 Å². The topological polar surface area (TPSA) is 66.8 Å². The molecule has 0 unspecified atom stereocenters. The summed E-state index contributed by atoms with van der Waals surface area (Å²) in [5, 5.41) is 9.70. The largest absolute Gasteiger partial charge is 0.479 e. The van der Waals surface area contributed by atoms with Gasteiger partial charge in [-0.2, -0.15) is 0 Å². The Labute approximate surface area is 133 Å². The van der Waals surface area contributed by atoms with E-state index in [0.29, 0.717) is 11.6 Å². The van der Waals surface area contributed by atoms with Gasteiger partial charge in [0.2, 0.25) is 5.91 Å². The van der Waals surface area contributed by atoms with Crippen molar-refractivity contribution in [2.45, 2.75) is 30.8 Å². The van der Waals surface area contributed by atoms with Crippen LogP contribution in [0.15, 0.2) is 24.3 Å². The number of benzene rings is 1. The van der Waals surface area contributed by atoms with E-state index in [-0.39, 0.29) is 19.1 Å². The molecular formula is C16H18ClNO4. The summed E-state index contributed by atoms with van der Waals surface area (Å²) in [7, 11) is 0. The summed E-state index contributed by atoms with van der Waals surface area (Å²) in [6.45, 7) is 0.801. The van der Waals surface area contributed by atoms with Gasteiger partial charge in [0.25, 0.3) is 0 Å². The lowest BCUT2D eigenvalue weighted by molar-refractivity contribution is -0.162. The van der Waals surface area contributed by atoms with Crippen LogP contribution < -0.4 is 0 Å². The number of amides is 1. The molecule has 1 aromatic rings. The highest BCUT2D eigenvalue weighted by Gasteiger charge is 2.48. The zero-order valence-electron chi connectivity index (χ0n) is 12.1. The Bertz CT molecular complexity index is 600. The average Bonchev–Trinajstić information content (AvgIpc) is 2.46. The van der Waals surface area contributed by atoms with E-state index in [2.05, 4.69) is 0 Å². The number of aliphatic carboxylic acids is 1. The van der Waals surface area contributed by atoms with Crippen LogP contribution in [0.2, 0.25) is 5.02 Å². The van der Waals surface area contributed by atoms with Crippen molar-refractivity contribution >= 4 is 23.5 Å². The number of nitrogens with zero attached hydrogens (tertiary/aromatic N) is 1. The molecule has 2 fully saturated rings. The molecule has 0 spiro atoms. The third kappa shape index (κ3) is 2.59. The van der Waals surface area contributed by atoms with Crippen LogP contribution in [0.1, 0.15) is 24.8 Å². The van der Waals surface area contributed by atoms with Crippen LogP contribution >= 0.6 is 11.6 Å². The molecule has 1 N–H and O–H groups in total. The SMILES string of the molecule is O=C(O)[C@@H]1CN(C(=O)C2(c3cccc(Cl)c3)CCC2)CCO1. The number of carboxylic acids is 1. The van der Waals surface area contributed by atoms with Crippen LogP contribution in [0.25, 0.3) is 0 Å². The number of ether oxygens (including phenoxy) is 1. The molecule has 2 aliphatic rings. The van der Waals surface area contributed by atoms with Crippen LogP contribution in [0.5, 0.6) is 0 Å². The summed E-state index contributed by atoms with van der Waals surface area (Å²) in [5.74, 6) is -1.03. The number of morpholine rings is 1. The highest BCUT2D eigenvalue weighted by Crippen LogP contribution is 2.45. The Morgan fingerprint density at radius 2 is 2.14 bits per heavy atom. The highest BCUT2D eigenvalue weighted by molar-refractivity contribution is 6.30. The van der Waals surface area contributed by atoms with Crippen molar-refractivity contribution in [3.05, 3.63) is 34.9 Å². The molecule has 1 atom stereocenters. The molecule has 1 heterocycles. The molecule has 1 aliphatic heterocycles. The molecule has 5 nitrogen and oxygen atoms in total. The number of carboxylic acid groups (broad SMARTS) is 1. The second-order valence-corrected chi connectivity index (χ2v) is 6.33. The Kier molecular flexibility index (Phi) is 4.10. The third-order valence-electron chi connectivity index (χ3n) is 4.62. The van der Waals surface area contributed by atoms with Gasteiger partial charge in [0.15, 0.2) is 6.10 Å². The van der Waals surface area contributed by atoms with Crippen LogP contribution in [0.3, 0.4) is 0 Å². The molecule has 118 valence electrons. The maximum Gasteiger partial charge on any atom is 0.334 e. The van der Waals surface area contributed by atoms with Crippen molar-refractivity contribution in [1.82, 2.24) is 4.90 Å². The molecule has 1 aromatic carbocycles. The standard InChI is InChI=1S/C16H18ClNO4/c17-12-4-1-3-11(9-12)16(5-2-6-16)15(21)18-7-8-22-13(10-18)14(19)20/h1,3-4,9,13H,2,5-8,10H2,(H,19,20)/t13-/m0/s1. The second kappa shape index (κ2) is 5.89. The molecule has 1 aliphatic carbocycles. The molecule has 6 heteroatoms. The predicted molar refractivity (Wildman–Crippen MR) is 80.9 cm³/mol. The first-order valence-electron chi connectivity index (χ1n) is 7.43. The van der Waals surface area contributed by atoms with Gasteiger partial charge in [0, 0.05) is 11.6 Å². The number of hydrogen-bond donors (Lipinski definition) is 1. The minimum absolute atomic E-state index is 0.00410. The van der Waals surface area contributed by atoms with E-state index in [9.17, 15) is 9.59 Å². The van der Waals surface area contributed by atoms with Crippen molar-refractivity contribution in [1.29, 1.82) is 0 Å². The number of carbonyl (C=O) groups is 2. The molecule has 0 aromatic heterocycles. The van der Waals surface area contributed by atoms with Crippen LogP contribution in [0, 0.1) is 0 Å². The molecule has 1 amide bonds. The lowest BCUT2D eigenvalue weighted by Crippen LogP contribution is -2.56. The van der Waals surface area contributed by atoms with Gasteiger partial charge < -0.3 is 14.7 Å². The van der Waals surface area contributed by atoms with E-state index in [1.165, 1.54) is 0 Å². The van der Waals surface area contributed by atoms with Gasteiger partial charge in [-0.25, -0.2) is 4.79 Å². The fourth-order valence-corrected chi connectivity index (χ4v) is 3.42.